The smallest absolute Gasteiger partial charge is 0.259 e. The van der Waals surface area contributed by atoms with E-state index in [1.54, 1.807) is 25.1 Å². The van der Waals surface area contributed by atoms with Crippen molar-refractivity contribution in [3.63, 3.8) is 0 Å². The molecule has 25 heavy (non-hydrogen) atoms. The first kappa shape index (κ1) is 17.2. The van der Waals surface area contributed by atoms with Gasteiger partial charge in [-0.15, -0.1) is 0 Å². The van der Waals surface area contributed by atoms with Crippen molar-refractivity contribution in [1.29, 1.82) is 0 Å². The Kier molecular flexibility index (Phi) is 4.85. The molecular formula is C18H21N3O4. The largest absolute Gasteiger partial charge is 0.463 e. The highest BCUT2D eigenvalue weighted by Gasteiger charge is 2.21. The van der Waals surface area contributed by atoms with Crippen LogP contribution < -0.4 is 5.32 Å². The summed E-state index contributed by atoms with van der Waals surface area (Å²) in [7, 11) is 0. The fourth-order valence-electron chi connectivity index (χ4n) is 2.59. The number of carbonyl (C=O) groups excluding carboxylic acids is 1. The molecule has 132 valence electrons. The molecule has 0 spiro atoms. The monoisotopic (exact) mass is 343 g/mol. The van der Waals surface area contributed by atoms with Crippen molar-refractivity contribution >= 4 is 17.0 Å². The quantitative estimate of drug-likeness (QED) is 0.713. The number of amides is 1. The number of aryl methyl sites for hydroxylation is 1. The van der Waals surface area contributed by atoms with Gasteiger partial charge in [-0.1, -0.05) is 25.4 Å². The molecule has 2 unspecified atom stereocenters. The molecule has 3 heterocycles. The fraction of sp³-hybridized carbons (Fsp3) is 0.389. The molecule has 0 aliphatic carbocycles. The number of aromatic nitrogens is 2. The summed E-state index contributed by atoms with van der Waals surface area (Å²) in [5.41, 5.74) is 1.74. The molecule has 0 saturated heterocycles. The summed E-state index contributed by atoms with van der Waals surface area (Å²) in [6.07, 6.45) is 1.78. The van der Waals surface area contributed by atoms with Crippen LogP contribution in [0.5, 0.6) is 0 Å². The molecule has 0 bridgehead atoms. The molecule has 3 aromatic rings. The van der Waals surface area contributed by atoms with E-state index in [1.165, 1.54) is 6.26 Å². The lowest BCUT2D eigenvalue weighted by molar-refractivity contribution is 0.0851. The average Bonchev–Trinajstić information content (AvgIpc) is 3.28. The minimum atomic E-state index is -0.598. The zero-order valence-electron chi connectivity index (χ0n) is 14.4. The highest BCUT2D eigenvalue weighted by Crippen LogP contribution is 2.27. The van der Waals surface area contributed by atoms with Gasteiger partial charge in [0.1, 0.15) is 5.69 Å². The number of carbonyl (C=O) groups is 1. The van der Waals surface area contributed by atoms with Gasteiger partial charge in [-0.2, -0.15) is 0 Å². The van der Waals surface area contributed by atoms with Gasteiger partial charge in [0.15, 0.2) is 5.76 Å². The molecular weight excluding hydrogens is 322 g/mol. The van der Waals surface area contributed by atoms with Gasteiger partial charge in [0.25, 0.3) is 11.6 Å². The Balaban J connectivity index is 1.93. The normalized spacial score (nSPS) is 13.8. The van der Waals surface area contributed by atoms with Crippen LogP contribution in [0.4, 0.5) is 0 Å². The topological polar surface area (TPSA) is 101 Å². The zero-order chi connectivity index (χ0) is 18.0. The minimum Gasteiger partial charge on any atom is -0.463 e. The fourth-order valence-corrected chi connectivity index (χ4v) is 2.59. The number of furan rings is 1. The van der Waals surface area contributed by atoms with E-state index in [1.807, 2.05) is 13.8 Å². The number of fused-ring (bicyclic) bond motifs is 1. The molecule has 7 nitrogen and oxygen atoms in total. The van der Waals surface area contributed by atoms with E-state index in [0.717, 1.165) is 6.42 Å². The van der Waals surface area contributed by atoms with Gasteiger partial charge < -0.3 is 19.4 Å². The lowest BCUT2D eigenvalue weighted by Crippen LogP contribution is -2.35. The standard InChI is InChI=1S/C18H21N3O4/c1-4-10(2)14(22)9-19-17(23)12-8-13(15-6-5-7-24-15)20-18-16(12)11(3)21-25-18/h5-8,10,14,22H,4,9H2,1-3H3,(H,19,23). The van der Waals surface area contributed by atoms with Crippen molar-refractivity contribution in [2.75, 3.05) is 6.54 Å². The number of pyridine rings is 1. The first-order valence-corrected chi connectivity index (χ1v) is 8.28. The number of aliphatic hydroxyl groups is 1. The maximum absolute atomic E-state index is 12.7. The van der Waals surface area contributed by atoms with E-state index in [-0.39, 0.29) is 24.1 Å². The summed E-state index contributed by atoms with van der Waals surface area (Å²) in [6, 6.07) is 5.15. The maximum Gasteiger partial charge on any atom is 0.259 e. The predicted molar refractivity (Wildman–Crippen MR) is 92.0 cm³/mol. The first-order chi connectivity index (χ1) is 12.0. The number of aliphatic hydroxyl groups excluding tert-OH is 1. The highest BCUT2D eigenvalue weighted by molar-refractivity contribution is 6.06. The average molecular weight is 343 g/mol. The van der Waals surface area contributed by atoms with Crippen molar-refractivity contribution in [2.24, 2.45) is 5.92 Å². The second-order valence-electron chi connectivity index (χ2n) is 6.14. The number of hydrogen-bond donors (Lipinski definition) is 2. The van der Waals surface area contributed by atoms with Crippen LogP contribution in [0.2, 0.25) is 0 Å². The summed E-state index contributed by atoms with van der Waals surface area (Å²) in [5, 5.41) is 17.3. The van der Waals surface area contributed by atoms with Gasteiger partial charge in [0.05, 0.1) is 29.0 Å². The Morgan fingerprint density at radius 1 is 1.44 bits per heavy atom. The molecule has 3 rings (SSSR count). The molecule has 2 N–H and O–H groups in total. The van der Waals surface area contributed by atoms with Crippen LogP contribution in [-0.4, -0.2) is 33.8 Å². The van der Waals surface area contributed by atoms with Crippen LogP contribution in [-0.2, 0) is 0 Å². The summed E-state index contributed by atoms with van der Waals surface area (Å²) < 4.78 is 10.6. The lowest BCUT2D eigenvalue weighted by atomic mass is 10.0. The molecule has 0 aliphatic rings. The van der Waals surface area contributed by atoms with E-state index in [4.69, 9.17) is 8.94 Å². The van der Waals surface area contributed by atoms with E-state index < -0.39 is 6.10 Å². The van der Waals surface area contributed by atoms with Crippen LogP contribution >= 0.6 is 0 Å². The second-order valence-corrected chi connectivity index (χ2v) is 6.14. The van der Waals surface area contributed by atoms with Crippen molar-refractivity contribution in [1.82, 2.24) is 15.5 Å². The molecule has 2 atom stereocenters. The number of rotatable bonds is 6. The van der Waals surface area contributed by atoms with Crippen molar-refractivity contribution in [2.45, 2.75) is 33.3 Å². The molecule has 7 heteroatoms. The summed E-state index contributed by atoms with van der Waals surface area (Å²) in [6.45, 7) is 5.88. The highest BCUT2D eigenvalue weighted by atomic mass is 16.5. The van der Waals surface area contributed by atoms with Gasteiger partial charge in [-0.05, 0) is 31.0 Å². The Morgan fingerprint density at radius 2 is 2.24 bits per heavy atom. The summed E-state index contributed by atoms with van der Waals surface area (Å²) in [4.78, 5) is 17.1. The maximum atomic E-state index is 12.7. The van der Waals surface area contributed by atoms with E-state index in [9.17, 15) is 9.90 Å². The molecule has 0 fully saturated rings. The van der Waals surface area contributed by atoms with Gasteiger partial charge in [0.2, 0.25) is 0 Å². The van der Waals surface area contributed by atoms with Crippen molar-refractivity contribution in [3.05, 3.63) is 35.7 Å². The van der Waals surface area contributed by atoms with Crippen molar-refractivity contribution in [3.8, 4) is 11.5 Å². The first-order valence-electron chi connectivity index (χ1n) is 8.28. The third-order valence-corrected chi connectivity index (χ3v) is 4.41. The Hall–Kier alpha value is -2.67. The van der Waals surface area contributed by atoms with Crippen LogP contribution in [0.3, 0.4) is 0 Å². The molecule has 0 aliphatic heterocycles. The van der Waals surface area contributed by atoms with Crippen molar-refractivity contribution < 1.29 is 18.8 Å². The van der Waals surface area contributed by atoms with Crippen LogP contribution in [0.1, 0.15) is 36.3 Å². The number of hydrogen-bond acceptors (Lipinski definition) is 6. The zero-order valence-corrected chi connectivity index (χ0v) is 14.4. The summed E-state index contributed by atoms with van der Waals surface area (Å²) in [5.74, 6) is 0.326. The van der Waals surface area contributed by atoms with E-state index in [0.29, 0.717) is 28.1 Å². The third-order valence-electron chi connectivity index (χ3n) is 4.41. The molecule has 0 radical (unpaired) electrons. The lowest BCUT2D eigenvalue weighted by Gasteiger charge is -2.17. The van der Waals surface area contributed by atoms with Crippen LogP contribution in [0.25, 0.3) is 22.6 Å². The number of nitrogens with zero attached hydrogens (tertiary/aromatic N) is 2. The second kappa shape index (κ2) is 7.06. The Bertz CT molecular complexity index is 870. The van der Waals surface area contributed by atoms with Gasteiger partial charge in [-0.3, -0.25) is 4.79 Å². The Morgan fingerprint density at radius 3 is 2.92 bits per heavy atom. The third kappa shape index (κ3) is 3.41. The van der Waals surface area contributed by atoms with Gasteiger partial charge >= 0.3 is 0 Å². The van der Waals surface area contributed by atoms with Crippen LogP contribution in [0, 0.1) is 12.8 Å². The number of nitrogens with one attached hydrogen (secondary N) is 1. The van der Waals surface area contributed by atoms with E-state index in [2.05, 4.69) is 15.5 Å². The van der Waals surface area contributed by atoms with E-state index >= 15 is 0 Å². The summed E-state index contributed by atoms with van der Waals surface area (Å²) >= 11 is 0. The predicted octanol–water partition coefficient (Wildman–Crippen LogP) is 2.93. The Labute approximate surface area is 145 Å². The SMILES string of the molecule is CCC(C)C(O)CNC(=O)c1cc(-c2ccco2)nc2onc(C)c12. The van der Waals surface area contributed by atoms with Gasteiger partial charge in [-0.25, -0.2) is 4.98 Å². The molecule has 1 amide bonds. The molecule has 3 aromatic heterocycles. The molecule has 0 saturated carbocycles. The van der Waals surface area contributed by atoms with Crippen LogP contribution in [0.15, 0.2) is 33.4 Å². The minimum absolute atomic E-state index is 0.105. The van der Waals surface area contributed by atoms with Gasteiger partial charge in [0, 0.05) is 6.54 Å². The molecule has 0 aromatic carbocycles.